The molecular weight excluding hydrogens is 266 g/mol. The third-order valence-corrected chi connectivity index (χ3v) is 5.77. The van der Waals surface area contributed by atoms with Gasteiger partial charge in [-0.1, -0.05) is 5.16 Å². The molecule has 0 amide bonds. The molecule has 2 N–H and O–H groups in total. The molecule has 0 aromatic carbocycles. The molecule has 1 unspecified atom stereocenters. The van der Waals surface area contributed by atoms with Crippen molar-refractivity contribution in [2.45, 2.75) is 56.9 Å². The average Bonchev–Trinajstić information content (AvgIpc) is 2.94. The molecule has 4 saturated carbocycles. The maximum atomic E-state index is 6.08. The molecule has 0 radical (unpaired) electrons. The number of rotatable bonds is 5. The molecule has 0 saturated heterocycles. The normalized spacial score (nSPS) is 38.9. The molecule has 116 valence electrons. The van der Waals surface area contributed by atoms with Crippen LogP contribution in [0.2, 0.25) is 0 Å². The summed E-state index contributed by atoms with van der Waals surface area (Å²) in [5, 5.41) is 4.14. The Hall–Kier alpha value is -0.940. The van der Waals surface area contributed by atoms with Crippen molar-refractivity contribution >= 4 is 0 Å². The average molecular weight is 291 g/mol. The lowest BCUT2D eigenvalue weighted by Crippen LogP contribution is -2.48. The van der Waals surface area contributed by atoms with Crippen LogP contribution in [0, 0.1) is 17.8 Å². The van der Waals surface area contributed by atoms with Gasteiger partial charge in [0.05, 0.1) is 18.1 Å². The molecule has 5 rings (SSSR count). The summed E-state index contributed by atoms with van der Waals surface area (Å²) in [5.41, 5.74) is 6.23. The van der Waals surface area contributed by atoms with E-state index < -0.39 is 0 Å². The Labute approximate surface area is 125 Å². The number of nitrogens with two attached hydrogens (primary N) is 1. The van der Waals surface area contributed by atoms with E-state index in [2.05, 4.69) is 10.1 Å². The molecule has 5 nitrogen and oxygen atoms in total. The van der Waals surface area contributed by atoms with Crippen LogP contribution in [0.25, 0.3) is 0 Å². The summed E-state index contributed by atoms with van der Waals surface area (Å²) in [6.07, 6.45) is 7.97. The summed E-state index contributed by atoms with van der Waals surface area (Å²) in [6, 6.07) is -0.281. The van der Waals surface area contributed by atoms with Crippen LogP contribution in [-0.4, -0.2) is 23.4 Å². The minimum atomic E-state index is -0.281. The third-order valence-electron chi connectivity index (χ3n) is 5.77. The van der Waals surface area contributed by atoms with Gasteiger partial charge in [0.1, 0.15) is 0 Å². The maximum Gasteiger partial charge on any atom is 0.232 e. The summed E-state index contributed by atoms with van der Waals surface area (Å²) in [4.78, 5) is 4.67. The van der Waals surface area contributed by atoms with Crippen LogP contribution < -0.4 is 5.73 Å². The van der Waals surface area contributed by atoms with Crippen LogP contribution >= 0.6 is 0 Å². The number of ether oxygens (including phenoxy) is 1. The van der Waals surface area contributed by atoms with Crippen LogP contribution in [0.15, 0.2) is 4.52 Å². The monoisotopic (exact) mass is 291 g/mol. The van der Waals surface area contributed by atoms with Gasteiger partial charge in [0.15, 0.2) is 5.82 Å². The second kappa shape index (κ2) is 5.06. The zero-order valence-corrected chi connectivity index (χ0v) is 12.8. The zero-order chi connectivity index (χ0) is 14.4. The Morgan fingerprint density at radius 3 is 2.43 bits per heavy atom. The number of hydrogen-bond acceptors (Lipinski definition) is 5. The molecule has 1 heterocycles. The van der Waals surface area contributed by atoms with Gasteiger partial charge in [-0.05, 0) is 63.2 Å². The minimum absolute atomic E-state index is 0.158. The van der Waals surface area contributed by atoms with Crippen molar-refractivity contribution in [1.29, 1.82) is 0 Å². The van der Waals surface area contributed by atoms with Gasteiger partial charge in [-0.15, -0.1) is 0 Å². The van der Waals surface area contributed by atoms with Crippen LogP contribution in [0.3, 0.4) is 0 Å². The Bertz CT molecular complexity index is 478. The molecule has 0 aliphatic heterocycles. The molecule has 0 spiro atoms. The molecular formula is C16H25N3O2. The first-order valence-electron chi connectivity index (χ1n) is 8.36. The van der Waals surface area contributed by atoms with Crippen LogP contribution in [0.1, 0.15) is 63.2 Å². The van der Waals surface area contributed by atoms with Crippen molar-refractivity contribution < 1.29 is 9.26 Å². The number of nitrogens with zero attached hydrogens (tertiary/aromatic N) is 2. The van der Waals surface area contributed by atoms with Gasteiger partial charge in [0, 0.05) is 6.61 Å². The second-order valence-corrected chi connectivity index (χ2v) is 7.42. The highest BCUT2D eigenvalue weighted by Crippen LogP contribution is 2.60. The van der Waals surface area contributed by atoms with Crippen molar-refractivity contribution in [2.75, 3.05) is 13.2 Å². The van der Waals surface area contributed by atoms with Gasteiger partial charge in [0.2, 0.25) is 5.89 Å². The first-order valence-corrected chi connectivity index (χ1v) is 8.36. The van der Waals surface area contributed by atoms with Crippen molar-refractivity contribution in [2.24, 2.45) is 23.5 Å². The van der Waals surface area contributed by atoms with E-state index in [1.807, 2.05) is 6.92 Å². The number of hydrogen-bond donors (Lipinski definition) is 1. The molecule has 21 heavy (non-hydrogen) atoms. The van der Waals surface area contributed by atoms with Crippen molar-refractivity contribution in [3.05, 3.63) is 11.7 Å². The quantitative estimate of drug-likeness (QED) is 0.902. The van der Waals surface area contributed by atoms with E-state index in [1.165, 1.54) is 38.5 Å². The van der Waals surface area contributed by atoms with Gasteiger partial charge in [0.25, 0.3) is 0 Å². The van der Waals surface area contributed by atoms with E-state index in [0.29, 0.717) is 19.0 Å². The molecule has 4 aliphatic rings. The lowest BCUT2D eigenvalue weighted by atomic mass is 9.49. The fraction of sp³-hybridized carbons (Fsp3) is 0.875. The smallest absolute Gasteiger partial charge is 0.232 e. The maximum absolute atomic E-state index is 6.08. The predicted octanol–water partition coefficient (Wildman–Crippen LogP) is 2.57. The molecule has 1 atom stereocenters. The highest BCUT2D eigenvalue weighted by molar-refractivity contribution is 5.15. The van der Waals surface area contributed by atoms with Crippen LogP contribution in [0.4, 0.5) is 0 Å². The fourth-order valence-electron chi connectivity index (χ4n) is 5.29. The Morgan fingerprint density at radius 2 is 1.86 bits per heavy atom. The topological polar surface area (TPSA) is 74.2 Å². The first-order chi connectivity index (χ1) is 10.2. The standard InChI is InChI=1S/C16H25N3O2/c1-2-20-9-13(17)14-18-15(21-19-14)16-6-10-3-11(7-16)5-12(4-10)8-16/h10-13H,2-9,17H2,1H3. The second-order valence-electron chi connectivity index (χ2n) is 7.42. The highest BCUT2D eigenvalue weighted by Gasteiger charge is 2.54. The third kappa shape index (κ3) is 2.30. The van der Waals surface area contributed by atoms with Gasteiger partial charge in [-0.25, -0.2) is 0 Å². The Balaban J connectivity index is 1.55. The summed E-state index contributed by atoms with van der Waals surface area (Å²) < 4.78 is 11.0. The zero-order valence-electron chi connectivity index (χ0n) is 12.8. The molecule has 4 aliphatic carbocycles. The van der Waals surface area contributed by atoms with E-state index in [0.717, 1.165) is 23.6 Å². The van der Waals surface area contributed by atoms with Gasteiger partial charge < -0.3 is 15.0 Å². The number of aromatic nitrogens is 2. The summed E-state index contributed by atoms with van der Waals surface area (Å²) in [5.74, 6) is 4.09. The first kappa shape index (κ1) is 13.7. The summed E-state index contributed by atoms with van der Waals surface area (Å²) in [7, 11) is 0. The van der Waals surface area contributed by atoms with Gasteiger partial charge in [-0.2, -0.15) is 4.98 Å². The van der Waals surface area contributed by atoms with E-state index >= 15 is 0 Å². The van der Waals surface area contributed by atoms with Gasteiger partial charge in [-0.3, -0.25) is 0 Å². The van der Waals surface area contributed by atoms with Crippen molar-refractivity contribution in [3.8, 4) is 0 Å². The molecule has 4 fully saturated rings. The lowest BCUT2D eigenvalue weighted by molar-refractivity contribution is -0.0201. The Morgan fingerprint density at radius 1 is 1.24 bits per heavy atom. The van der Waals surface area contributed by atoms with E-state index in [-0.39, 0.29) is 11.5 Å². The van der Waals surface area contributed by atoms with Gasteiger partial charge >= 0.3 is 0 Å². The molecule has 1 aromatic heterocycles. The van der Waals surface area contributed by atoms with Crippen molar-refractivity contribution in [1.82, 2.24) is 10.1 Å². The summed E-state index contributed by atoms with van der Waals surface area (Å²) in [6.45, 7) is 3.08. The lowest BCUT2D eigenvalue weighted by Gasteiger charge is -2.55. The SMILES string of the molecule is CCOCC(N)c1noc(C23CC4CC(CC(C4)C2)C3)n1. The van der Waals surface area contributed by atoms with E-state index in [9.17, 15) is 0 Å². The summed E-state index contributed by atoms with van der Waals surface area (Å²) >= 11 is 0. The highest BCUT2D eigenvalue weighted by atomic mass is 16.5. The Kier molecular flexibility index (Phi) is 3.30. The van der Waals surface area contributed by atoms with Crippen LogP contribution in [-0.2, 0) is 10.2 Å². The van der Waals surface area contributed by atoms with Crippen LogP contribution in [0.5, 0.6) is 0 Å². The minimum Gasteiger partial charge on any atom is -0.380 e. The van der Waals surface area contributed by atoms with E-state index in [4.69, 9.17) is 15.0 Å². The largest absolute Gasteiger partial charge is 0.380 e. The van der Waals surface area contributed by atoms with Crippen molar-refractivity contribution in [3.63, 3.8) is 0 Å². The predicted molar refractivity (Wildman–Crippen MR) is 77.6 cm³/mol. The molecule has 4 bridgehead atoms. The molecule has 5 heteroatoms. The molecule has 1 aromatic rings. The fourth-order valence-corrected chi connectivity index (χ4v) is 5.29. The van der Waals surface area contributed by atoms with E-state index in [1.54, 1.807) is 0 Å².